The Morgan fingerprint density at radius 1 is 1.08 bits per heavy atom. The smallest absolute Gasteiger partial charge is 0.394 e. The molecular formula is C24H23F4N5O3. The number of carbonyl (C=O) groups is 2. The zero-order valence-corrected chi connectivity index (χ0v) is 19.1. The summed E-state index contributed by atoms with van der Waals surface area (Å²) in [6.07, 6.45) is -5.19. The summed E-state index contributed by atoms with van der Waals surface area (Å²) >= 11 is 0. The number of aliphatic hydroxyl groups is 1. The first kappa shape index (κ1) is 25.2. The van der Waals surface area contributed by atoms with Crippen molar-refractivity contribution in [2.24, 2.45) is 0 Å². The van der Waals surface area contributed by atoms with Crippen molar-refractivity contribution in [1.82, 2.24) is 19.8 Å². The molecule has 0 aliphatic carbocycles. The van der Waals surface area contributed by atoms with E-state index >= 15 is 0 Å². The third-order valence-corrected chi connectivity index (χ3v) is 5.76. The number of nitrogens with zero attached hydrogens (tertiary/aromatic N) is 3. The van der Waals surface area contributed by atoms with Gasteiger partial charge < -0.3 is 25.2 Å². The molecule has 0 spiro atoms. The quantitative estimate of drug-likeness (QED) is 0.447. The number of amides is 2. The summed E-state index contributed by atoms with van der Waals surface area (Å²) < 4.78 is 53.2. The van der Waals surface area contributed by atoms with Crippen molar-refractivity contribution in [1.29, 1.82) is 0 Å². The number of imidazole rings is 1. The van der Waals surface area contributed by atoms with Crippen molar-refractivity contribution in [2.45, 2.75) is 32.2 Å². The molecule has 2 amide bonds. The van der Waals surface area contributed by atoms with Crippen LogP contribution in [0, 0.1) is 12.7 Å². The van der Waals surface area contributed by atoms with Crippen LogP contribution in [0.1, 0.15) is 11.4 Å². The number of benzene rings is 2. The lowest BCUT2D eigenvalue weighted by molar-refractivity contribution is -0.175. The molecule has 1 aliphatic rings. The van der Waals surface area contributed by atoms with E-state index in [9.17, 15) is 32.3 Å². The number of carbonyl (C=O) groups excluding carboxylic acids is 2. The van der Waals surface area contributed by atoms with Crippen LogP contribution >= 0.6 is 0 Å². The number of fused-ring (bicyclic) bond motifs is 1. The number of aliphatic hydroxyl groups excluding tert-OH is 1. The van der Waals surface area contributed by atoms with Crippen molar-refractivity contribution in [2.75, 3.05) is 18.5 Å². The lowest BCUT2D eigenvalue weighted by atomic mass is 10.1. The topological polar surface area (TPSA) is 99.5 Å². The molecule has 36 heavy (non-hydrogen) atoms. The molecule has 0 unspecified atom stereocenters. The highest BCUT2D eigenvalue weighted by molar-refractivity contribution is 5.90. The fraction of sp³-hybridized carbons (Fsp3) is 0.292. The van der Waals surface area contributed by atoms with Gasteiger partial charge in [0.05, 0.1) is 13.2 Å². The minimum atomic E-state index is -5.19. The molecule has 3 N–H and O–H groups in total. The summed E-state index contributed by atoms with van der Waals surface area (Å²) in [6, 6.07) is 11.6. The van der Waals surface area contributed by atoms with Crippen molar-refractivity contribution in [3.63, 3.8) is 0 Å². The number of rotatable bonds is 6. The Morgan fingerprint density at radius 2 is 1.75 bits per heavy atom. The van der Waals surface area contributed by atoms with Crippen molar-refractivity contribution in [3.05, 3.63) is 65.7 Å². The average molecular weight is 505 g/mol. The number of aromatic nitrogens is 2. The van der Waals surface area contributed by atoms with E-state index in [1.54, 1.807) is 12.1 Å². The second-order valence-electron chi connectivity index (χ2n) is 8.34. The molecule has 0 radical (unpaired) electrons. The van der Waals surface area contributed by atoms with Gasteiger partial charge in [0, 0.05) is 24.3 Å². The van der Waals surface area contributed by atoms with Gasteiger partial charge in [0.1, 0.15) is 29.2 Å². The van der Waals surface area contributed by atoms with E-state index in [2.05, 4.69) is 10.3 Å². The maximum absolute atomic E-state index is 13.5. The molecule has 2 heterocycles. The normalized spacial score (nSPS) is 14.2. The van der Waals surface area contributed by atoms with Gasteiger partial charge in [0.25, 0.3) is 0 Å². The summed E-state index contributed by atoms with van der Waals surface area (Å²) in [5.74, 6) is -2.54. The molecule has 0 saturated carbocycles. The number of anilines is 2. The Hall–Kier alpha value is -3.93. The Morgan fingerprint density at radius 3 is 2.36 bits per heavy atom. The lowest BCUT2D eigenvalue weighted by Crippen LogP contribution is -2.54. The van der Waals surface area contributed by atoms with Crippen LogP contribution in [0.4, 0.5) is 29.1 Å². The van der Waals surface area contributed by atoms with Gasteiger partial charge in [0.15, 0.2) is 0 Å². The van der Waals surface area contributed by atoms with Crippen LogP contribution in [0.2, 0.25) is 0 Å². The second-order valence-corrected chi connectivity index (χ2v) is 8.34. The number of hydrogen-bond acceptors (Lipinski definition) is 5. The van der Waals surface area contributed by atoms with E-state index in [-0.39, 0.29) is 19.6 Å². The predicted molar refractivity (Wildman–Crippen MR) is 123 cm³/mol. The summed E-state index contributed by atoms with van der Waals surface area (Å²) in [4.78, 5) is 29.9. The summed E-state index contributed by atoms with van der Waals surface area (Å²) in [5.41, 5.74) is 2.97. The lowest BCUT2D eigenvalue weighted by Gasteiger charge is -2.31. The highest BCUT2D eigenvalue weighted by Crippen LogP contribution is 2.33. The Bertz CT molecular complexity index is 1260. The molecule has 0 fully saturated rings. The minimum Gasteiger partial charge on any atom is -0.394 e. The number of alkyl halides is 3. The summed E-state index contributed by atoms with van der Waals surface area (Å²) in [6.45, 7) is 1.24. The van der Waals surface area contributed by atoms with Crippen molar-refractivity contribution < 1.29 is 32.3 Å². The van der Waals surface area contributed by atoms with E-state index < -0.39 is 36.5 Å². The highest BCUT2D eigenvalue weighted by atomic mass is 19.4. The van der Waals surface area contributed by atoms with Crippen LogP contribution in [0.15, 0.2) is 48.5 Å². The van der Waals surface area contributed by atoms with E-state index in [1.807, 2.05) is 35.8 Å². The maximum Gasteiger partial charge on any atom is 0.471 e. The van der Waals surface area contributed by atoms with E-state index in [0.29, 0.717) is 22.9 Å². The Kier molecular flexibility index (Phi) is 6.97. The number of halogens is 4. The molecule has 1 aromatic heterocycles. The van der Waals surface area contributed by atoms with E-state index in [4.69, 9.17) is 0 Å². The standard InChI is InChI=1S/C24H23F4N5O3/c1-14-2-8-17(9-3-14)29-21-20(15-4-6-16(25)7-5-15)31-19-12-32(10-11-33(19)21)22(35)18(13-34)30-23(36)24(26,27)28/h2-9,18,29,34H,10-13H2,1H3,(H,30,36)/t18-/m0/s1. The fourth-order valence-corrected chi connectivity index (χ4v) is 3.87. The SMILES string of the molecule is Cc1ccc(Nc2c(-c3ccc(F)cc3)nc3n2CCN(C(=O)[C@H](CO)NC(=O)C(F)(F)F)C3)cc1. The summed E-state index contributed by atoms with van der Waals surface area (Å²) in [5, 5.41) is 14.3. The third-order valence-electron chi connectivity index (χ3n) is 5.76. The summed E-state index contributed by atoms with van der Waals surface area (Å²) in [7, 11) is 0. The highest BCUT2D eigenvalue weighted by Gasteiger charge is 2.41. The van der Waals surface area contributed by atoms with Gasteiger partial charge in [-0.25, -0.2) is 9.37 Å². The zero-order chi connectivity index (χ0) is 26.0. The van der Waals surface area contributed by atoms with Gasteiger partial charge in [-0.15, -0.1) is 0 Å². The van der Waals surface area contributed by atoms with E-state index in [1.165, 1.54) is 22.3 Å². The van der Waals surface area contributed by atoms with Crippen LogP contribution in [0.25, 0.3) is 11.3 Å². The van der Waals surface area contributed by atoms with Gasteiger partial charge in [0.2, 0.25) is 5.91 Å². The maximum atomic E-state index is 13.5. The third kappa shape index (κ3) is 5.33. The van der Waals surface area contributed by atoms with Gasteiger partial charge in [-0.2, -0.15) is 13.2 Å². The van der Waals surface area contributed by atoms with Gasteiger partial charge >= 0.3 is 12.1 Å². The van der Waals surface area contributed by atoms with Gasteiger partial charge in [-0.1, -0.05) is 17.7 Å². The molecule has 2 aromatic carbocycles. The molecule has 12 heteroatoms. The Labute approximate surface area is 203 Å². The first-order valence-electron chi connectivity index (χ1n) is 11.0. The fourth-order valence-electron chi connectivity index (χ4n) is 3.87. The van der Waals surface area contributed by atoms with Crippen LogP contribution in [0.3, 0.4) is 0 Å². The number of nitrogens with one attached hydrogen (secondary N) is 2. The average Bonchev–Trinajstić information content (AvgIpc) is 3.20. The first-order valence-corrected chi connectivity index (χ1v) is 11.0. The predicted octanol–water partition coefficient (Wildman–Crippen LogP) is 3.12. The Balaban J connectivity index is 1.63. The first-order chi connectivity index (χ1) is 17.1. The molecule has 4 rings (SSSR count). The largest absolute Gasteiger partial charge is 0.471 e. The zero-order valence-electron chi connectivity index (χ0n) is 19.1. The minimum absolute atomic E-state index is 0.0685. The van der Waals surface area contributed by atoms with Gasteiger partial charge in [-0.05, 0) is 43.3 Å². The van der Waals surface area contributed by atoms with Crippen LogP contribution < -0.4 is 10.6 Å². The molecule has 1 aliphatic heterocycles. The van der Waals surface area contributed by atoms with Crippen LogP contribution in [0.5, 0.6) is 0 Å². The number of hydrogen-bond donors (Lipinski definition) is 3. The van der Waals surface area contributed by atoms with Gasteiger partial charge in [-0.3, -0.25) is 9.59 Å². The second kappa shape index (κ2) is 9.97. The number of aryl methyl sites for hydroxylation is 1. The van der Waals surface area contributed by atoms with Crippen molar-refractivity contribution in [3.8, 4) is 11.3 Å². The van der Waals surface area contributed by atoms with Crippen LogP contribution in [-0.4, -0.2) is 56.7 Å². The molecule has 0 bridgehead atoms. The monoisotopic (exact) mass is 505 g/mol. The van der Waals surface area contributed by atoms with Crippen molar-refractivity contribution >= 4 is 23.3 Å². The molecule has 190 valence electrons. The molecule has 3 aromatic rings. The van der Waals surface area contributed by atoms with E-state index in [0.717, 1.165) is 11.3 Å². The molecular weight excluding hydrogens is 482 g/mol. The molecule has 8 nitrogen and oxygen atoms in total. The molecule has 1 atom stereocenters. The molecule has 0 saturated heterocycles. The van der Waals surface area contributed by atoms with Crippen LogP contribution in [-0.2, 0) is 22.7 Å².